The number of hydrogen-bond donors (Lipinski definition) is 0. The Morgan fingerprint density at radius 1 is 0.607 bits per heavy atom. The molecular formula is C52H53ClO8. The lowest BCUT2D eigenvalue weighted by atomic mass is 9.86. The molecule has 0 spiro atoms. The van der Waals surface area contributed by atoms with Gasteiger partial charge in [-0.05, 0) is 64.1 Å². The van der Waals surface area contributed by atoms with E-state index >= 15 is 0 Å². The van der Waals surface area contributed by atoms with Crippen LogP contribution >= 0.6 is 11.6 Å². The van der Waals surface area contributed by atoms with Crippen molar-refractivity contribution in [2.45, 2.75) is 75.6 Å². The zero-order valence-corrected chi connectivity index (χ0v) is 35.2. The Balaban J connectivity index is 1.17. The fraction of sp³-hybridized carbons (Fsp3) is 0.308. The molecule has 8 nitrogen and oxygen atoms in total. The Morgan fingerprint density at radius 2 is 1.16 bits per heavy atom. The van der Waals surface area contributed by atoms with Crippen LogP contribution < -0.4 is 4.74 Å². The van der Waals surface area contributed by atoms with Crippen LogP contribution in [-0.2, 0) is 71.8 Å². The van der Waals surface area contributed by atoms with Crippen LogP contribution in [0.3, 0.4) is 0 Å². The summed E-state index contributed by atoms with van der Waals surface area (Å²) in [5.41, 5.74) is 6.79. The summed E-state index contributed by atoms with van der Waals surface area (Å²) < 4.78 is 53.1. The van der Waals surface area contributed by atoms with Gasteiger partial charge in [0.25, 0.3) is 0 Å². The molecular weight excluding hydrogens is 788 g/mol. The summed E-state index contributed by atoms with van der Waals surface area (Å²) in [4.78, 5) is 0. The van der Waals surface area contributed by atoms with E-state index in [1.807, 2.05) is 133 Å². The van der Waals surface area contributed by atoms with E-state index < -0.39 is 30.2 Å². The van der Waals surface area contributed by atoms with Gasteiger partial charge in [0, 0.05) is 24.1 Å². The molecule has 1 unspecified atom stereocenters. The maximum absolute atomic E-state index is 7.31. The van der Waals surface area contributed by atoms with E-state index in [9.17, 15) is 0 Å². The summed E-state index contributed by atoms with van der Waals surface area (Å²) in [6, 6.07) is 54.5. The molecule has 61 heavy (non-hydrogen) atoms. The maximum Gasteiger partial charge on any atom is 0.225 e. The Kier molecular flexibility index (Phi) is 14.9. The molecule has 0 N–H and O–H groups in total. The highest BCUT2D eigenvalue weighted by Crippen LogP contribution is 2.45. The highest BCUT2D eigenvalue weighted by molar-refractivity contribution is 6.31. The highest BCUT2D eigenvalue weighted by Gasteiger charge is 2.58. The van der Waals surface area contributed by atoms with Gasteiger partial charge in [0.1, 0.15) is 36.3 Å². The van der Waals surface area contributed by atoms with Gasteiger partial charge in [-0.1, -0.05) is 151 Å². The van der Waals surface area contributed by atoms with Gasteiger partial charge in [-0.3, -0.25) is 0 Å². The van der Waals surface area contributed by atoms with E-state index in [1.165, 1.54) is 0 Å². The van der Waals surface area contributed by atoms with Crippen LogP contribution in [0.25, 0.3) is 0 Å². The van der Waals surface area contributed by atoms with Crippen molar-refractivity contribution in [2.75, 3.05) is 26.9 Å². The third-order valence-corrected chi connectivity index (χ3v) is 11.6. The van der Waals surface area contributed by atoms with E-state index in [4.69, 9.17) is 49.5 Å². The third-order valence-electron chi connectivity index (χ3n) is 11.2. The second kappa shape index (κ2) is 21.3. The van der Waals surface area contributed by atoms with Crippen LogP contribution in [0.5, 0.6) is 5.75 Å². The first-order valence-corrected chi connectivity index (χ1v) is 21.4. The number of hydrogen-bond acceptors (Lipinski definition) is 8. The van der Waals surface area contributed by atoms with Crippen LogP contribution in [0.1, 0.15) is 45.4 Å². The molecule has 6 atom stereocenters. The molecule has 0 radical (unpaired) electrons. The molecule has 2 heterocycles. The van der Waals surface area contributed by atoms with E-state index in [1.54, 1.807) is 7.11 Å². The van der Waals surface area contributed by atoms with Crippen LogP contribution in [0.15, 0.2) is 164 Å². The Morgan fingerprint density at radius 3 is 1.72 bits per heavy atom. The molecule has 0 saturated carbocycles. The lowest BCUT2D eigenvalue weighted by molar-refractivity contribution is -0.385. The minimum atomic E-state index is -1.48. The normalized spacial score (nSPS) is 22.6. The predicted octanol–water partition coefficient (Wildman–Crippen LogP) is 10.3. The Hall–Kier alpha value is -4.87. The van der Waals surface area contributed by atoms with Crippen molar-refractivity contribution in [1.29, 1.82) is 0 Å². The maximum atomic E-state index is 7.31. The number of rotatable bonds is 19. The van der Waals surface area contributed by atoms with Gasteiger partial charge in [-0.15, -0.1) is 0 Å². The number of methoxy groups -OCH3 is 1. The van der Waals surface area contributed by atoms with Crippen molar-refractivity contribution >= 4 is 11.6 Å². The van der Waals surface area contributed by atoms with Gasteiger partial charge >= 0.3 is 0 Å². The van der Waals surface area contributed by atoms with Crippen molar-refractivity contribution in [3.05, 3.63) is 208 Å². The van der Waals surface area contributed by atoms with Gasteiger partial charge in [0.2, 0.25) is 5.79 Å². The molecule has 6 aromatic carbocycles. The summed E-state index contributed by atoms with van der Waals surface area (Å²) in [5.74, 6) is -0.665. The zero-order chi connectivity index (χ0) is 41.7. The number of benzene rings is 6. The molecule has 8 rings (SSSR count). The summed E-state index contributed by atoms with van der Waals surface area (Å²) in [5, 5.41) is 0.625. The second-order valence-electron chi connectivity index (χ2n) is 15.5. The van der Waals surface area contributed by atoms with E-state index in [0.717, 1.165) is 57.7 Å². The topological polar surface area (TPSA) is 73.8 Å². The predicted molar refractivity (Wildman–Crippen MR) is 235 cm³/mol. The summed E-state index contributed by atoms with van der Waals surface area (Å²) in [7, 11) is 1.66. The average molecular weight is 841 g/mol. The minimum absolute atomic E-state index is 0.0751. The van der Waals surface area contributed by atoms with E-state index in [-0.39, 0.29) is 19.3 Å². The molecule has 2 saturated heterocycles. The molecule has 316 valence electrons. The first-order chi connectivity index (χ1) is 30.1. The molecule has 6 aromatic rings. The molecule has 9 heteroatoms. The third kappa shape index (κ3) is 11.2. The standard InChI is InChI=1S/C52H53ClO8/c1-54-52(44-24-27-47(53)43(31-44)30-38-22-25-45(26-23-38)60-46-28-29-55-36-46)51(59-35-42-20-12-5-13-21-42)50(58-34-41-18-10-4-11-19-41)49(57-33-40-16-8-3-9-17-40)48(61-52)37-56-32-39-14-6-2-7-15-39/h2-27,31,46,48-51H,28-30,32-37H2,1H3/t46?,48-,49-,50+,51-,52+/m1/s1. The van der Waals surface area contributed by atoms with Gasteiger partial charge in [0.05, 0.1) is 46.2 Å². The lowest BCUT2D eigenvalue weighted by Gasteiger charge is -2.52. The SMILES string of the molecule is CO[C@@]1(c2ccc(Cl)c(Cc3ccc(OC4CCOC4)cc3)c2)O[C@H](COCc2ccccc2)[C@@H](OCc2ccccc2)[C@H](OCc2ccccc2)[C@H]1OCc1ccccc1. The summed E-state index contributed by atoms with van der Waals surface area (Å²) >= 11 is 7.00. The molecule has 0 bridgehead atoms. The van der Waals surface area contributed by atoms with E-state index in [2.05, 4.69) is 30.3 Å². The van der Waals surface area contributed by atoms with Crippen LogP contribution in [-0.4, -0.2) is 57.5 Å². The average Bonchev–Trinajstić information content (AvgIpc) is 3.83. The zero-order valence-electron chi connectivity index (χ0n) is 34.5. The van der Waals surface area contributed by atoms with Crippen molar-refractivity contribution < 1.29 is 37.9 Å². The van der Waals surface area contributed by atoms with Gasteiger partial charge in [-0.25, -0.2) is 0 Å². The Bertz CT molecular complexity index is 2200. The number of halogens is 1. The number of ether oxygens (including phenoxy) is 8. The van der Waals surface area contributed by atoms with Crippen LogP contribution in [0.4, 0.5) is 0 Å². The lowest BCUT2D eigenvalue weighted by Crippen LogP contribution is -2.66. The first kappa shape index (κ1) is 42.8. The monoisotopic (exact) mass is 840 g/mol. The smallest absolute Gasteiger partial charge is 0.225 e. The molecule has 2 aliphatic heterocycles. The fourth-order valence-corrected chi connectivity index (χ4v) is 8.17. The molecule has 0 aliphatic carbocycles. The van der Waals surface area contributed by atoms with Gasteiger partial charge in [-0.2, -0.15) is 0 Å². The fourth-order valence-electron chi connectivity index (χ4n) is 7.98. The highest BCUT2D eigenvalue weighted by atomic mass is 35.5. The summed E-state index contributed by atoms with van der Waals surface area (Å²) in [6.07, 6.45) is -1.27. The van der Waals surface area contributed by atoms with Crippen LogP contribution in [0.2, 0.25) is 5.02 Å². The Labute approximate surface area is 364 Å². The van der Waals surface area contributed by atoms with Crippen molar-refractivity contribution in [1.82, 2.24) is 0 Å². The largest absolute Gasteiger partial charge is 0.488 e. The first-order valence-electron chi connectivity index (χ1n) is 21.0. The van der Waals surface area contributed by atoms with Gasteiger partial charge in [0.15, 0.2) is 0 Å². The van der Waals surface area contributed by atoms with E-state index in [0.29, 0.717) is 37.9 Å². The molecule has 0 amide bonds. The summed E-state index contributed by atoms with van der Waals surface area (Å²) in [6.45, 7) is 2.82. The second-order valence-corrected chi connectivity index (χ2v) is 15.9. The molecule has 2 fully saturated rings. The van der Waals surface area contributed by atoms with Crippen molar-refractivity contribution in [2.24, 2.45) is 0 Å². The quantitative estimate of drug-likeness (QED) is 0.0799. The van der Waals surface area contributed by atoms with Gasteiger partial charge < -0.3 is 37.9 Å². The van der Waals surface area contributed by atoms with Crippen molar-refractivity contribution in [3.63, 3.8) is 0 Å². The minimum Gasteiger partial charge on any atom is -0.488 e. The molecule has 0 aromatic heterocycles. The van der Waals surface area contributed by atoms with Crippen LogP contribution in [0, 0.1) is 0 Å². The molecule has 2 aliphatic rings. The van der Waals surface area contributed by atoms with Crippen molar-refractivity contribution in [3.8, 4) is 5.75 Å².